The summed E-state index contributed by atoms with van der Waals surface area (Å²) >= 11 is 6.98. The average molecular weight is 585 g/mol. The number of hydrogen-bond acceptors (Lipinski definition) is 0. The lowest BCUT2D eigenvalue weighted by Gasteiger charge is -2.61. The summed E-state index contributed by atoms with van der Waals surface area (Å²) in [5.41, 5.74) is 14.3. The van der Waals surface area contributed by atoms with Gasteiger partial charge >= 0.3 is 0 Å². The molecule has 5 aliphatic rings. The van der Waals surface area contributed by atoms with E-state index in [0.29, 0.717) is 0 Å². The van der Waals surface area contributed by atoms with E-state index in [-0.39, 0.29) is 16.2 Å². The molecule has 0 amide bonds. The van der Waals surface area contributed by atoms with Gasteiger partial charge in [-0.25, -0.2) is 0 Å². The van der Waals surface area contributed by atoms with E-state index in [0.717, 1.165) is 34.3 Å². The van der Waals surface area contributed by atoms with Gasteiger partial charge in [0.1, 0.15) is 0 Å². The Morgan fingerprint density at radius 3 is 1.72 bits per heavy atom. The van der Waals surface area contributed by atoms with Crippen molar-refractivity contribution in [3.8, 4) is 33.4 Å². The summed E-state index contributed by atoms with van der Waals surface area (Å²) in [5, 5.41) is 0.820. The van der Waals surface area contributed by atoms with Gasteiger partial charge in [0.15, 0.2) is 0 Å². The van der Waals surface area contributed by atoms with Crippen molar-refractivity contribution in [1.82, 2.24) is 0 Å². The van der Waals surface area contributed by atoms with Gasteiger partial charge in [-0.05, 0) is 135 Å². The molecule has 1 heteroatoms. The minimum atomic E-state index is 0.106. The SMILES string of the molecule is CC(C)(C)c1ccc(-c2cc3c(cc2-c2ccccc2Cl)-c2cc(C(C)(C)C)ccc2C32C3CC4CC(C3)CC2C4)cc1. The summed E-state index contributed by atoms with van der Waals surface area (Å²) in [7, 11) is 0. The number of rotatable bonds is 2. The smallest absolute Gasteiger partial charge is 0.0484 e. The van der Waals surface area contributed by atoms with Gasteiger partial charge in [0.25, 0.3) is 0 Å². The van der Waals surface area contributed by atoms with Crippen LogP contribution in [0.5, 0.6) is 0 Å². The summed E-state index contributed by atoms with van der Waals surface area (Å²) in [6.45, 7) is 13.9. The fourth-order valence-electron chi connectivity index (χ4n) is 10.0. The normalized spacial score (nSPS) is 27.0. The molecule has 0 aromatic heterocycles. The topological polar surface area (TPSA) is 0 Å². The van der Waals surface area contributed by atoms with Crippen molar-refractivity contribution < 1.29 is 0 Å². The standard InChI is InChI=1S/C42H45Cl/c1-40(2,3)28-13-11-27(12-14-28)33-24-38-36(23-34(33)32-9-7-8-10-39(32)43)35-22-29(41(4,5)6)15-16-37(35)42(38)30-18-25-17-26(20-30)21-31(42)19-25/h7-16,22-26,30-31H,17-21H2,1-6H3. The zero-order chi connectivity index (χ0) is 29.9. The second kappa shape index (κ2) is 9.34. The molecule has 1 spiro atoms. The summed E-state index contributed by atoms with van der Waals surface area (Å²) in [6.07, 6.45) is 7.07. The van der Waals surface area contributed by atoms with E-state index in [1.165, 1.54) is 71.0 Å². The number of halogens is 1. The first-order valence-corrected chi connectivity index (χ1v) is 17.0. The van der Waals surface area contributed by atoms with E-state index >= 15 is 0 Å². The lowest BCUT2D eigenvalue weighted by Crippen LogP contribution is -2.55. The Morgan fingerprint density at radius 2 is 1.12 bits per heavy atom. The molecule has 0 heterocycles. The fraction of sp³-hybridized carbons (Fsp3) is 0.429. The minimum Gasteiger partial charge on any atom is -0.0837 e. The van der Waals surface area contributed by atoms with Crippen molar-refractivity contribution in [2.24, 2.45) is 23.7 Å². The van der Waals surface area contributed by atoms with Crippen LogP contribution in [-0.2, 0) is 16.2 Å². The van der Waals surface area contributed by atoms with Crippen molar-refractivity contribution >= 4 is 11.6 Å². The largest absolute Gasteiger partial charge is 0.0837 e. The van der Waals surface area contributed by atoms with Gasteiger partial charge in [0.2, 0.25) is 0 Å². The first-order valence-electron chi connectivity index (χ1n) is 16.6. The van der Waals surface area contributed by atoms with Crippen LogP contribution in [0.1, 0.15) is 95.9 Å². The van der Waals surface area contributed by atoms with Crippen molar-refractivity contribution in [2.45, 2.75) is 89.9 Å². The maximum Gasteiger partial charge on any atom is 0.0484 e. The molecule has 220 valence electrons. The summed E-state index contributed by atoms with van der Waals surface area (Å²) in [6, 6.07) is 30.6. The highest BCUT2D eigenvalue weighted by Crippen LogP contribution is 2.70. The van der Waals surface area contributed by atoms with Crippen molar-refractivity contribution in [1.29, 1.82) is 0 Å². The second-order valence-electron chi connectivity index (χ2n) is 16.4. The zero-order valence-corrected chi connectivity index (χ0v) is 27.5. The zero-order valence-electron chi connectivity index (χ0n) is 26.7. The molecule has 43 heavy (non-hydrogen) atoms. The highest BCUT2D eigenvalue weighted by molar-refractivity contribution is 6.33. The molecule has 4 aromatic carbocycles. The number of fused-ring (bicyclic) bond motifs is 3. The summed E-state index contributed by atoms with van der Waals surface area (Å²) in [5.74, 6) is 3.35. The van der Waals surface area contributed by atoms with Crippen LogP contribution in [0, 0.1) is 23.7 Å². The molecular weight excluding hydrogens is 540 g/mol. The van der Waals surface area contributed by atoms with Crippen molar-refractivity contribution in [3.05, 3.63) is 106 Å². The molecule has 0 aliphatic heterocycles. The van der Waals surface area contributed by atoms with Gasteiger partial charge in [0, 0.05) is 16.0 Å². The van der Waals surface area contributed by atoms with Crippen LogP contribution in [-0.4, -0.2) is 0 Å². The third kappa shape index (κ3) is 4.08. The highest BCUT2D eigenvalue weighted by Gasteiger charge is 2.61. The van der Waals surface area contributed by atoms with Gasteiger partial charge in [-0.15, -0.1) is 0 Å². The Balaban J connectivity index is 1.43. The molecule has 4 bridgehead atoms. The van der Waals surface area contributed by atoms with Crippen LogP contribution in [0.4, 0.5) is 0 Å². The van der Waals surface area contributed by atoms with Gasteiger partial charge in [-0.2, -0.15) is 0 Å². The Labute approximate surface area is 263 Å². The van der Waals surface area contributed by atoms with Crippen LogP contribution >= 0.6 is 11.6 Å². The third-order valence-corrected chi connectivity index (χ3v) is 12.2. The van der Waals surface area contributed by atoms with Gasteiger partial charge < -0.3 is 0 Å². The molecule has 9 rings (SSSR count). The van der Waals surface area contributed by atoms with E-state index < -0.39 is 0 Å². The molecule has 0 unspecified atom stereocenters. The molecule has 4 saturated carbocycles. The molecule has 0 saturated heterocycles. The van der Waals surface area contributed by atoms with Crippen LogP contribution in [0.3, 0.4) is 0 Å². The Bertz CT molecular complexity index is 1710. The number of hydrogen-bond donors (Lipinski definition) is 0. The van der Waals surface area contributed by atoms with E-state index in [1.54, 1.807) is 11.1 Å². The van der Waals surface area contributed by atoms with E-state index in [1.807, 2.05) is 12.1 Å². The van der Waals surface area contributed by atoms with E-state index in [9.17, 15) is 0 Å². The predicted octanol–water partition coefficient (Wildman–Crippen LogP) is 12.0. The van der Waals surface area contributed by atoms with Gasteiger partial charge in [-0.1, -0.05) is 114 Å². The van der Waals surface area contributed by atoms with Crippen LogP contribution in [0.15, 0.2) is 78.9 Å². The molecule has 4 aromatic rings. The molecule has 0 radical (unpaired) electrons. The number of benzene rings is 4. The Morgan fingerprint density at radius 1 is 0.535 bits per heavy atom. The first kappa shape index (κ1) is 27.7. The van der Waals surface area contributed by atoms with E-state index in [4.69, 9.17) is 11.6 Å². The highest BCUT2D eigenvalue weighted by atomic mass is 35.5. The van der Waals surface area contributed by atoms with Crippen molar-refractivity contribution in [3.63, 3.8) is 0 Å². The van der Waals surface area contributed by atoms with Crippen LogP contribution < -0.4 is 0 Å². The fourth-order valence-corrected chi connectivity index (χ4v) is 10.2. The minimum absolute atomic E-state index is 0.106. The maximum absolute atomic E-state index is 6.98. The molecule has 0 atom stereocenters. The molecular formula is C42H45Cl. The predicted molar refractivity (Wildman–Crippen MR) is 183 cm³/mol. The Kier molecular flexibility index (Phi) is 6.02. The van der Waals surface area contributed by atoms with Crippen molar-refractivity contribution in [2.75, 3.05) is 0 Å². The molecule has 5 aliphatic carbocycles. The average Bonchev–Trinajstić information content (AvgIpc) is 3.24. The summed E-state index contributed by atoms with van der Waals surface area (Å²) < 4.78 is 0. The van der Waals surface area contributed by atoms with Gasteiger partial charge in [-0.3, -0.25) is 0 Å². The second-order valence-corrected chi connectivity index (χ2v) is 16.8. The van der Waals surface area contributed by atoms with Crippen LogP contribution in [0.2, 0.25) is 5.02 Å². The van der Waals surface area contributed by atoms with E-state index in [2.05, 4.69) is 108 Å². The lowest BCUT2D eigenvalue weighted by atomic mass is 9.43. The lowest BCUT2D eigenvalue weighted by molar-refractivity contribution is -0.0399. The Hall–Kier alpha value is -2.83. The first-order chi connectivity index (χ1) is 20.4. The molecule has 0 nitrogen and oxygen atoms in total. The summed E-state index contributed by atoms with van der Waals surface area (Å²) in [4.78, 5) is 0. The molecule has 4 fully saturated rings. The quantitative estimate of drug-likeness (QED) is 0.220. The maximum atomic E-state index is 6.98. The van der Waals surface area contributed by atoms with Gasteiger partial charge in [0.05, 0.1) is 0 Å². The molecule has 0 N–H and O–H groups in total. The monoisotopic (exact) mass is 584 g/mol. The third-order valence-electron chi connectivity index (χ3n) is 11.9. The van der Waals surface area contributed by atoms with Crippen LogP contribution in [0.25, 0.3) is 33.4 Å².